The second-order valence-corrected chi connectivity index (χ2v) is 10.1. The predicted molar refractivity (Wildman–Crippen MR) is 172 cm³/mol. The molecule has 0 N–H and O–H groups in total. The maximum absolute atomic E-state index is 4.95. The van der Waals surface area contributed by atoms with Crippen LogP contribution >= 0.6 is 0 Å². The lowest BCUT2D eigenvalue weighted by Gasteiger charge is -2.14. The molecule has 0 atom stereocenters. The number of aromatic nitrogens is 3. The van der Waals surface area contributed by atoms with Gasteiger partial charge >= 0.3 is 0 Å². The molecule has 0 aliphatic rings. The molecule has 3 heteroatoms. The van der Waals surface area contributed by atoms with Crippen molar-refractivity contribution in [1.82, 2.24) is 15.0 Å². The van der Waals surface area contributed by atoms with Crippen LogP contribution in [0.25, 0.3) is 67.5 Å². The Balaban J connectivity index is 1.37. The summed E-state index contributed by atoms with van der Waals surface area (Å²) in [5.74, 6) is 1.95. The highest BCUT2D eigenvalue weighted by Gasteiger charge is 2.15. The summed E-state index contributed by atoms with van der Waals surface area (Å²) in [7, 11) is 0. The molecule has 7 aromatic rings. The predicted octanol–water partition coefficient (Wildman–Crippen LogP) is 9.87. The number of hydrogen-bond acceptors (Lipinski definition) is 3. The molecule has 0 amide bonds. The van der Waals surface area contributed by atoms with Gasteiger partial charge in [-0.25, -0.2) is 15.0 Å². The van der Waals surface area contributed by atoms with Crippen LogP contribution in [0.4, 0.5) is 0 Å². The van der Waals surface area contributed by atoms with Crippen LogP contribution in [0.1, 0.15) is 0 Å². The summed E-state index contributed by atoms with van der Waals surface area (Å²) >= 11 is 0. The van der Waals surface area contributed by atoms with Gasteiger partial charge in [-0.3, -0.25) is 0 Å². The first-order chi connectivity index (χ1) is 20.8. The van der Waals surface area contributed by atoms with Crippen molar-refractivity contribution < 1.29 is 0 Å². The Morgan fingerprint density at radius 1 is 0.238 bits per heavy atom. The van der Waals surface area contributed by atoms with Crippen LogP contribution in [-0.4, -0.2) is 15.0 Å². The fourth-order valence-electron chi connectivity index (χ4n) is 5.23. The molecule has 6 aromatic carbocycles. The molecule has 0 aliphatic carbocycles. The first-order valence-corrected chi connectivity index (χ1v) is 14.0. The largest absolute Gasteiger partial charge is 0.208 e. The summed E-state index contributed by atoms with van der Waals surface area (Å²) in [5, 5.41) is 0. The minimum absolute atomic E-state index is 0.645. The van der Waals surface area contributed by atoms with Crippen molar-refractivity contribution in [2.45, 2.75) is 0 Å². The van der Waals surface area contributed by atoms with Crippen molar-refractivity contribution in [1.29, 1.82) is 0 Å². The molecule has 0 unspecified atom stereocenters. The molecule has 3 nitrogen and oxygen atoms in total. The Kier molecular flexibility index (Phi) is 6.89. The van der Waals surface area contributed by atoms with Gasteiger partial charge in [0.1, 0.15) is 0 Å². The SMILES string of the molecule is c1ccc(-c2ccc(-c3cccc(-c4nc(-c5ccccc5)nc(-c5ccccc5)n4)c3)c(-c3ccccc3)c2)cc1. The van der Waals surface area contributed by atoms with E-state index < -0.39 is 0 Å². The highest BCUT2D eigenvalue weighted by Crippen LogP contribution is 2.37. The van der Waals surface area contributed by atoms with Gasteiger partial charge in [0, 0.05) is 16.7 Å². The Hall–Kier alpha value is -5.67. The summed E-state index contributed by atoms with van der Waals surface area (Å²) < 4.78 is 0. The summed E-state index contributed by atoms with van der Waals surface area (Å²) in [4.78, 5) is 14.7. The fraction of sp³-hybridized carbons (Fsp3) is 0. The Morgan fingerprint density at radius 3 is 1.21 bits per heavy atom. The van der Waals surface area contributed by atoms with E-state index in [1.54, 1.807) is 0 Å². The maximum atomic E-state index is 4.95. The quantitative estimate of drug-likeness (QED) is 0.212. The molecule has 198 valence electrons. The first-order valence-electron chi connectivity index (χ1n) is 14.0. The molecule has 0 fully saturated rings. The van der Waals surface area contributed by atoms with E-state index >= 15 is 0 Å². The lowest BCUT2D eigenvalue weighted by atomic mass is 9.90. The molecular weight excluding hydrogens is 510 g/mol. The zero-order chi connectivity index (χ0) is 28.1. The Labute approximate surface area is 245 Å². The molecule has 7 rings (SSSR count). The van der Waals surface area contributed by atoms with Crippen molar-refractivity contribution in [3.8, 4) is 67.5 Å². The molecule has 0 saturated heterocycles. The molecule has 42 heavy (non-hydrogen) atoms. The van der Waals surface area contributed by atoms with Crippen molar-refractivity contribution in [2.24, 2.45) is 0 Å². The van der Waals surface area contributed by atoms with E-state index in [0.717, 1.165) is 27.8 Å². The summed E-state index contributed by atoms with van der Waals surface area (Å²) in [6.07, 6.45) is 0. The Morgan fingerprint density at radius 2 is 0.667 bits per heavy atom. The van der Waals surface area contributed by atoms with Gasteiger partial charge in [-0.15, -0.1) is 0 Å². The molecule has 0 spiro atoms. The lowest BCUT2D eigenvalue weighted by Crippen LogP contribution is -2.00. The monoisotopic (exact) mass is 537 g/mol. The van der Waals surface area contributed by atoms with E-state index in [1.807, 2.05) is 60.7 Å². The zero-order valence-electron chi connectivity index (χ0n) is 22.9. The van der Waals surface area contributed by atoms with Gasteiger partial charge in [-0.2, -0.15) is 0 Å². The van der Waals surface area contributed by atoms with E-state index in [1.165, 1.54) is 22.3 Å². The van der Waals surface area contributed by atoms with Crippen LogP contribution in [0.2, 0.25) is 0 Å². The molecule has 0 saturated carbocycles. The van der Waals surface area contributed by atoms with Gasteiger partial charge in [0.2, 0.25) is 0 Å². The molecule has 0 radical (unpaired) electrons. The average Bonchev–Trinajstić information content (AvgIpc) is 3.09. The van der Waals surface area contributed by atoms with E-state index in [2.05, 4.69) is 103 Å². The van der Waals surface area contributed by atoms with Gasteiger partial charge in [-0.05, 0) is 45.5 Å². The highest BCUT2D eigenvalue weighted by molar-refractivity contribution is 5.88. The lowest BCUT2D eigenvalue weighted by molar-refractivity contribution is 1.07. The van der Waals surface area contributed by atoms with E-state index in [9.17, 15) is 0 Å². The smallest absolute Gasteiger partial charge is 0.164 e. The van der Waals surface area contributed by atoms with Crippen molar-refractivity contribution in [2.75, 3.05) is 0 Å². The topological polar surface area (TPSA) is 38.7 Å². The van der Waals surface area contributed by atoms with Gasteiger partial charge in [0.25, 0.3) is 0 Å². The molecule has 1 heterocycles. The van der Waals surface area contributed by atoms with Crippen molar-refractivity contribution in [3.63, 3.8) is 0 Å². The first kappa shape index (κ1) is 25.3. The van der Waals surface area contributed by atoms with E-state index in [4.69, 9.17) is 15.0 Å². The van der Waals surface area contributed by atoms with Gasteiger partial charge in [0.05, 0.1) is 0 Å². The van der Waals surface area contributed by atoms with Crippen LogP contribution in [0.15, 0.2) is 164 Å². The second-order valence-electron chi connectivity index (χ2n) is 10.1. The Bertz CT molecular complexity index is 1900. The van der Waals surface area contributed by atoms with Gasteiger partial charge in [0.15, 0.2) is 17.5 Å². The van der Waals surface area contributed by atoms with Crippen molar-refractivity contribution in [3.05, 3.63) is 164 Å². The standard InChI is InChI=1S/C39H27N3/c1-5-14-28(15-6-1)32-24-25-35(36(27-32)29-16-7-2-8-17-29)33-22-13-23-34(26-33)39-41-37(30-18-9-3-10-19-30)40-38(42-39)31-20-11-4-12-21-31/h1-27H. The highest BCUT2D eigenvalue weighted by atomic mass is 15.0. The number of nitrogens with zero attached hydrogens (tertiary/aromatic N) is 3. The van der Waals surface area contributed by atoms with Gasteiger partial charge in [-0.1, -0.05) is 152 Å². The normalized spacial score (nSPS) is 10.9. The summed E-state index contributed by atoms with van der Waals surface area (Å²) in [5.41, 5.74) is 9.85. The number of rotatable bonds is 6. The maximum Gasteiger partial charge on any atom is 0.164 e. The van der Waals surface area contributed by atoms with Crippen LogP contribution in [0.5, 0.6) is 0 Å². The van der Waals surface area contributed by atoms with Crippen molar-refractivity contribution >= 4 is 0 Å². The molecule has 0 aliphatic heterocycles. The third-order valence-corrected chi connectivity index (χ3v) is 7.34. The number of hydrogen-bond donors (Lipinski definition) is 0. The fourth-order valence-corrected chi connectivity index (χ4v) is 5.23. The minimum atomic E-state index is 0.645. The minimum Gasteiger partial charge on any atom is -0.208 e. The van der Waals surface area contributed by atoms with E-state index in [-0.39, 0.29) is 0 Å². The zero-order valence-corrected chi connectivity index (χ0v) is 22.9. The van der Waals surface area contributed by atoms with Gasteiger partial charge < -0.3 is 0 Å². The third-order valence-electron chi connectivity index (χ3n) is 7.34. The summed E-state index contributed by atoms with van der Waals surface area (Å²) in [6.45, 7) is 0. The van der Waals surface area contributed by atoms with Crippen LogP contribution < -0.4 is 0 Å². The third kappa shape index (κ3) is 5.24. The number of benzene rings is 6. The van der Waals surface area contributed by atoms with Crippen LogP contribution in [0.3, 0.4) is 0 Å². The van der Waals surface area contributed by atoms with E-state index in [0.29, 0.717) is 17.5 Å². The summed E-state index contributed by atoms with van der Waals surface area (Å²) in [6, 6.07) is 56.5. The molecule has 0 bridgehead atoms. The van der Waals surface area contributed by atoms with Crippen LogP contribution in [-0.2, 0) is 0 Å². The molecule has 1 aromatic heterocycles. The second kappa shape index (κ2) is 11.4. The average molecular weight is 538 g/mol. The van der Waals surface area contributed by atoms with Crippen LogP contribution in [0, 0.1) is 0 Å². The molecular formula is C39H27N3.